The SMILES string of the molecule is Oc1c(F)cccc1CNCC1CCSCC1. The van der Waals surface area contributed by atoms with Gasteiger partial charge in [-0.2, -0.15) is 11.8 Å². The lowest BCUT2D eigenvalue weighted by Gasteiger charge is -2.21. The highest BCUT2D eigenvalue weighted by Crippen LogP contribution is 2.23. The van der Waals surface area contributed by atoms with Crippen molar-refractivity contribution in [2.24, 2.45) is 5.92 Å². The third-order valence-corrected chi connectivity index (χ3v) is 4.21. The highest BCUT2D eigenvalue weighted by Gasteiger charge is 2.13. The molecule has 0 radical (unpaired) electrons. The van der Waals surface area contributed by atoms with Crippen LogP contribution in [-0.2, 0) is 6.54 Å². The Labute approximate surface area is 106 Å². The summed E-state index contributed by atoms with van der Waals surface area (Å²) in [5.41, 5.74) is 0.634. The molecule has 94 valence electrons. The van der Waals surface area contributed by atoms with Crippen LogP contribution in [0.2, 0.25) is 0 Å². The summed E-state index contributed by atoms with van der Waals surface area (Å²) in [6.07, 6.45) is 2.51. The maximum atomic E-state index is 13.1. The van der Waals surface area contributed by atoms with Crippen LogP contribution >= 0.6 is 11.8 Å². The normalized spacial score (nSPS) is 17.2. The largest absolute Gasteiger partial charge is 0.505 e. The molecule has 0 atom stereocenters. The van der Waals surface area contributed by atoms with E-state index >= 15 is 0 Å². The standard InChI is InChI=1S/C13H18FNOS/c14-12-3-1-2-11(13(12)16)9-15-8-10-4-6-17-7-5-10/h1-3,10,15-16H,4-9H2. The summed E-state index contributed by atoms with van der Waals surface area (Å²) in [6.45, 7) is 1.49. The minimum Gasteiger partial charge on any atom is -0.505 e. The maximum absolute atomic E-state index is 13.1. The fourth-order valence-electron chi connectivity index (χ4n) is 2.06. The average Bonchev–Trinajstić information content (AvgIpc) is 2.36. The lowest BCUT2D eigenvalue weighted by atomic mass is 10.0. The number of hydrogen-bond donors (Lipinski definition) is 2. The zero-order valence-corrected chi connectivity index (χ0v) is 10.6. The van der Waals surface area contributed by atoms with Crippen LogP contribution in [0.25, 0.3) is 0 Å². The van der Waals surface area contributed by atoms with E-state index in [4.69, 9.17) is 0 Å². The van der Waals surface area contributed by atoms with Crippen molar-refractivity contribution in [1.29, 1.82) is 0 Å². The molecule has 2 rings (SSSR count). The minimum absolute atomic E-state index is 0.223. The van der Waals surface area contributed by atoms with Crippen molar-refractivity contribution in [3.05, 3.63) is 29.6 Å². The van der Waals surface area contributed by atoms with Gasteiger partial charge in [-0.05, 0) is 42.9 Å². The summed E-state index contributed by atoms with van der Waals surface area (Å²) in [5.74, 6) is 2.46. The average molecular weight is 255 g/mol. The predicted octanol–water partition coefficient (Wildman–Crippen LogP) is 2.76. The van der Waals surface area contributed by atoms with Crippen molar-refractivity contribution < 1.29 is 9.50 Å². The van der Waals surface area contributed by atoms with Gasteiger partial charge in [-0.1, -0.05) is 12.1 Å². The lowest BCUT2D eigenvalue weighted by Crippen LogP contribution is -2.25. The van der Waals surface area contributed by atoms with Gasteiger partial charge in [0.2, 0.25) is 0 Å². The van der Waals surface area contributed by atoms with Gasteiger partial charge in [-0.3, -0.25) is 0 Å². The van der Waals surface area contributed by atoms with Crippen molar-refractivity contribution in [1.82, 2.24) is 5.32 Å². The number of halogens is 1. The molecule has 2 nitrogen and oxygen atoms in total. The van der Waals surface area contributed by atoms with Crippen LogP contribution in [0.15, 0.2) is 18.2 Å². The number of phenols is 1. The Morgan fingerprint density at radius 1 is 1.35 bits per heavy atom. The van der Waals surface area contributed by atoms with Crippen LogP contribution in [0, 0.1) is 11.7 Å². The number of nitrogens with one attached hydrogen (secondary N) is 1. The third kappa shape index (κ3) is 3.61. The first-order valence-electron chi connectivity index (χ1n) is 6.02. The molecule has 1 saturated heterocycles. The zero-order chi connectivity index (χ0) is 12.1. The molecule has 0 aliphatic carbocycles. The van der Waals surface area contributed by atoms with E-state index in [2.05, 4.69) is 5.32 Å². The van der Waals surface area contributed by atoms with Crippen molar-refractivity contribution in [3.8, 4) is 5.75 Å². The quantitative estimate of drug-likeness (QED) is 0.867. The molecule has 1 fully saturated rings. The Morgan fingerprint density at radius 2 is 2.12 bits per heavy atom. The lowest BCUT2D eigenvalue weighted by molar-refractivity contribution is 0.414. The summed E-state index contributed by atoms with van der Waals surface area (Å²) >= 11 is 2.02. The molecule has 1 aromatic rings. The van der Waals surface area contributed by atoms with E-state index in [-0.39, 0.29) is 5.75 Å². The second-order valence-electron chi connectivity index (χ2n) is 4.43. The van der Waals surface area contributed by atoms with E-state index in [9.17, 15) is 9.50 Å². The molecule has 0 amide bonds. The maximum Gasteiger partial charge on any atom is 0.165 e. The first kappa shape index (κ1) is 12.7. The molecule has 4 heteroatoms. The fourth-order valence-corrected chi connectivity index (χ4v) is 3.27. The number of hydrogen-bond acceptors (Lipinski definition) is 3. The highest BCUT2D eigenvalue weighted by molar-refractivity contribution is 7.99. The number of phenolic OH excluding ortho intramolecular Hbond substituents is 1. The van der Waals surface area contributed by atoms with E-state index in [1.165, 1.54) is 30.4 Å². The Kier molecular flexibility index (Phi) is 4.68. The van der Waals surface area contributed by atoms with E-state index in [0.29, 0.717) is 12.1 Å². The van der Waals surface area contributed by atoms with E-state index in [0.717, 1.165) is 12.5 Å². The number of benzene rings is 1. The third-order valence-electron chi connectivity index (χ3n) is 3.16. The molecular formula is C13H18FNOS. The van der Waals surface area contributed by atoms with Gasteiger partial charge >= 0.3 is 0 Å². The van der Waals surface area contributed by atoms with Crippen LogP contribution in [0.1, 0.15) is 18.4 Å². The molecular weight excluding hydrogens is 237 g/mol. The molecule has 1 aromatic carbocycles. The van der Waals surface area contributed by atoms with Gasteiger partial charge in [-0.15, -0.1) is 0 Å². The van der Waals surface area contributed by atoms with Crippen molar-refractivity contribution in [2.45, 2.75) is 19.4 Å². The predicted molar refractivity (Wildman–Crippen MR) is 69.8 cm³/mol. The van der Waals surface area contributed by atoms with Crippen molar-refractivity contribution in [2.75, 3.05) is 18.1 Å². The monoisotopic (exact) mass is 255 g/mol. The van der Waals surface area contributed by atoms with Crippen LogP contribution in [0.4, 0.5) is 4.39 Å². The van der Waals surface area contributed by atoms with Crippen LogP contribution < -0.4 is 5.32 Å². The van der Waals surface area contributed by atoms with Gasteiger partial charge in [0, 0.05) is 12.1 Å². The van der Waals surface area contributed by atoms with Gasteiger partial charge in [0.05, 0.1) is 0 Å². The van der Waals surface area contributed by atoms with Gasteiger partial charge in [0.15, 0.2) is 11.6 Å². The van der Waals surface area contributed by atoms with Crippen molar-refractivity contribution >= 4 is 11.8 Å². The first-order valence-corrected chi connectivity index (χ1v) is 7.17. The Balaban J connectivity index is 1.79. The zero-order valence-electron chi connectivity index (χ0n) is 9.79. The Morgan fingerprint density at radius 3 is 2.88 bits per heavy atom. The Bertz CT molecular complexity index is 366. The molecule has 0 bridgehead atoms. The molecule has 17 heavy (non-hydrogen) atoms. The van der Waals surface area contributed by atoms with Crippen LogP contribution in [0.5, 0.6) is 5.75 Å². The van der Waals surface area contributed by atoms with Gasteiger partial charge in [0.25, 0.3) is 0 Å². The molecule has 1 aliphatic rings. The molecule has 2 N–H and O–H groups in total. The molecule has 0 spiro atoms. The summed E-state index contributed by atoms with van der Waals surface area (Å²) in [7, 11) is 0. The number of aromatic hydroxyl groups is 1. The molecule has 0 unspecified atom stereocenters. The number of rotatable bonds is 4. The summed E-state index contributed by atoms with van der Waals surface area (Å²) < 4.78 is 13.1. The van der Waals surface area contributed by atoms with Gasteiger partial charge in [0.1, 0.15) is 0 Å². The second kappa shape index (κ2) is 6.26. The van der Waals surface area contributed by atoms with Crippen LogP contribution in [0.3, 0.4) is 0 Å². The van der Waals surface area contributed by atoms with E-state index in [1.807, 2.05) is 11.8 Å². The topological polar surface area (TPSA) is 32.3 Å². The van der Waals surface area contributed by atoms with E-state index in [1.54, 1.807) is 12.1 Å². The molecule has 0 saturated carbocycles. The smallest absolute Gasteiger partial charge is 0.165 e. The second-order valence-corrected chi connectivity index (χ2v) is 5.66. The molecule has 1 heterocycles. The fraction of sp³-hybridized carbons (Fsp3) is 0.538. The van der Waals surface area contributed by atoms with Crippen LogP contribution in [-0.4, -0.2) is 23.2 Å². The number of para-hydroxylation sites is 1. The Hall–Kier alpha value is -0.740. The molecule has 0 aromatic heterocycles. The van der Waals surface area contributed by atoms with Gasteiger partial charge in [-0.25, -0.2) is 4.39 Å². The van der Waals surface area contributed by atoms with Crippen molar-refractivity contribution in [3.63, 3.8) is 0 Å². The molecule has 1 aliphatic heterocycles. The minimum atomic E-state index is -0.543. The number of thioether (sulfide) groups is 1. The van der Waals surface area contributed by atoms with E-state index < -0.39 is 5.82 Å². The summed E-state index contributed by atoms with van der Waals surface area (Å²) in [4.78, 5) is 0. The highest BCUT2D eigenvalue weighted by atomic mass is 32.2. The summed E-state index contributed by atoms with van der Waals surface area (Å²) in [6, 6.07) is 4.66. The van der Waals surface area contributed by atoms with Gasteiger partial charge < -0.3 is 10.4 Å². The first-order chi connectivity index (χ1) is 8.27. The summed E-state index contributed by atoms with van der Waals surface area (Å²) in [5, 5.41) is 12.8.